The van der Waals surface area contributed by atoms with Gasteiger partial charge in [-0.05, 0) is 49.2 Å². The summed E-state index contributed by atoms with van der Waals surface area (Å²) in [4.78, 5) is 4.41. The van der Waals surface area contributed by atoms with Crippen molar-refractivity contribution >= 4 is 20.9 Å². The minimum atomic E-state index is -3.39. The molecule has 0 radical (unpaired) electrons. The van der Waals surface area contributed by atoms with Gasteiger partial charge in [-0.2, -0.15) is 0 Å². The van der Waals surface area contributed by atoms with Gasteiger partial charge in [0.05, 0.1) is 30.0 Å². The van der Waals surface area contributed by atoms with Crippen LogP contribution in [-0.2, 0) is 14.8 Å². The lowest BCUT2D eigenvalue weighted by Gasteiger charge is -2.21. The molecule has 0 spiro atoms. The highest BCUT2D eigenvalue weighted by atomic mass is 32.2. The van der Waals surface area contributed by atoms with Crippen molar-refractivity contribution in [2.75, 3.05) is 13.2 Å². The maximum atomic E-state index is 12.2. The zero-order valence-corrected chi connectivity index (χ0v) is 17.2. The fraction of sp³-hybridized carbons (Fsp3) is 0.318. The lowest BCUT2D eigenvalue weighted by atomic mass is 10.0. The van der Waals surface area contributed by atoms with E-state index in [1.165, 1.54) is 0 Å². The maximum absolute atomic E-state index is 12.2. The number of hydrogen-bond donors (Lipinski definition) is 1. The number of ether oxygens (including phenoxy) is 2. The van der Waals surface area contributed by atoms with E-state index in [0.29, 0.717) is 19.0 Å². The van der Waals surface area contributed by atoms with E-state index in [0.717, 1.165) is 22.0 Å². The van der Waals surface area contributed by atoms with E-state index in [2.05, 4.69) is 21.8 Å². The molecule has 2 aromatic carbocycles. The summed E-state index contributed by atoms with van der Waals surface area (Å²) < 4.78 is 38.5. The number of fused-ring (bicyclic) bond motifs is 1. The average Bonchev–Trinajstić information content (AvgIpc) is 3.14. The third kappa shape index (κ3) is 4.27. The fourth-order valence-corrected chi connectivity index (χ4v) is 4.26. The summed E-state index contributed by atoms with van der Waals surface area (Å²) in [7, 11) is -3.39. The van der Waals surface area contributed by atoms with Crippen LogP contribution in [0, 0.1) is 0 Å². The van der Waals surface area contributed by atoms with E-state index in [1.54, 1.807) is 20.0 Å². The van der Waals surface area contributed by atoms with Crippen LogP contribution in [0.2, 0.25) is 0 Å². The van der Waals surface area contributed by atoms with E-state index in [9.17, 15) is 8.42 Å². The summed E-state index contributed by atoms with van der Waals surface area (Å²) >= 11 is 0. The smallest absolute Gasteiger partial charge is 0.214 e. The van der Waals surface area contributed by atoms with Crippen LogP contribution in [0.3, 0.4) is 0 Å². The second kappa shape index (κ2) is 8.10. The van der Waals surface area contributed by atoms with Crippen molar-refractivity contribution in [3.63, 3.8) is 0 Å². The lowest BCUT2D eigenvalue weighted by Crippen LogP contribution is -2.47. The number of pyridine rings is 1. The molecule has 29 heavy (non-hydrogen) atoms. The molecule has 1 aromatic heterocycles. The first kappa shape index (κ1) is 19.8. The van der Waals surface area contributed by atoms with Gasteiger partial charge < -0.3 is 9.47 Å². The number of sulfonamides is 1. The monoisotopic (exact) mass is 412 g/mol. The quantitative estimate of drug-likeness (QED) is 0.672. The van der Waals surface area contributed by atoms with Gasteiger partial charge in [-0.25, -0.2) is 13.1 Å². The fourth-order valence-electron chi connectivity index (χ4n) is 3.35. The predicted molar refractivity (Wildman–Crippen MR) is 113 cm³/mol. The van der Waals surface area contributed by atoms with E-state index < -0.39 is 21.3 Å². The number of nitrogens with zero attached hydrogens (tertiary/aromatic N) is 1. The summed E-state index contributed by atoms with van der Waals surface area (Å²) in [6.45, 7) is 3.95. The molecule has 0 bridgehead atoms. The van der Waals surface area contributed by atoms with Crippen LogP contribution in [-0.4, -0.2) is 44.0 Å². The van der Waals surface area contributed by atoms with Crippen LogP contribution in [0.25, 0.3) is 22.0 Å². The first-order valence-corrected chi connectivity index (χ1v) is 11.2. The van der Waals surface area contributed by atoms with Crippen molar-refractivity contribution in [3.8, 4) is 16.9 Å². The number of benzene rings is 2. The van der Waals surface area contributed by atoms with Gasteiger partial charge in [-0.1, -0.05) is 30.3 Å². The molecule has 0 aliphatic carbocycles. The van der Waals surface area contributed by atoms with Crippen LogP contribution in [0.1, 0.15) is 13.8 Å². The number of aromatic nitrogens is 1. The van der Waals surface area contributed by atoms with Crippen molar-refractivity contribution in [1.29, 1.82) is 0 Å². The van der Waals surface area contributed by atoms with Crippen molar-refractivity contribution in [2.24, 2.45) is 0 Å². The number of nitrogens with one attached hydrogen (secondary N) is 1. The summed E-state index contributed by atoms with van der Waals surface area (Å²) in [5.74, 6) is 0.677. The van der Waals surface area contributed by atoms with Gasteiger partial charge in [-0.3, -0.25) is 4.98 Å². The molecular formula is C22H24N2O4S. The molecule has 1 aliphatic heterocycles. The van der Waals surface area contributed by atoms with Crippen LogP contribution < -0.4 is 9.46 Å². The highest BCUT2D eigenvalue weighted by molar-refractivity contribution is 7.90. The van der Waals surface area contributed by atoms with E-state index >= 15 is 0 Å². The Morgan fingerprint density at radius 1 is 1.07 bits per heavy atom. The molecule has 1 N–H and O–H groups in total. The Labute approximate surface area is 170 Å². The predicted octanol–water partition coefficient (Wildman–Crippen LogP) is 3.38. The molecule has 0 unspecified atom stereocenters. The van der Waals surface area contributed by atoms with Gasteiger partial charge in [0, 0.05) is 11.6 Å². The first-order valence-electron chi connectivity index (χ1n) is 9.64. The molecular weight excluding hydrogens is 388 g/mol. The van der Waals surface area contributed by atoms with Crippen LogP contribution >= 0.6 is 0 Å². The maximum Gasteiger partial charge on any atom is 0.214 e. The number of hydrogen-bond acceptors (Lipinski definition) is 5. The SMILES string of the molecule is CC(C)S(=O)(=O)N[C@@H]1COC[C@@H]1Oc1ccc(-c2cccc3ncccc23)cc1. The van der Waals surface area contributed by atoms with Gasteiger partial charge in [0.15, 0.2) is 0 Å². The van der Waals surface area contributed by atoms with Crippen molar-refractivity contribution in [1.82, 2.24) is 9.71 Å². The molecule has 2 atom stereocenters. The summed E-state index contributed by atoms with van der Waals surface area (Å²) in [6, 6.07) is 17.5. The van der Waals surface area contributed by atoms with Gasteiger partial charge in [0.1, 0.15) is 11.9 Å². The molecule has 7 heteroatoms. The zero-order chi connectivity index (χ0) is 20.4. The third-order valence-electron chi connectivity index (χ3n) is 5.06. The molecule has 2 heterocycles. The molecule has 1 aliphatic rings. The van der Waals surface area contributed by atoms with Crippen molar-refractivity contribution in [2.45, 2.75) is 31.2 Å². The molecule has 6 nitrogen and oxygen atoms in total. The molecule has 4 rings (SSSR count). The molecule has 1 saturated heterocycles. The van der Waals surface area contributed by atoms with Gasteiger partial charge >= 0.3 is 0 Å². The van der Waals surface area contributed by atoms with E-state index in [1.807, 2.05) is 42.5 Å². The summed E-state index contributed by atoms with van der Waals surface area (Å²) in [5, 5.41) is 0.592. The van der Waals surface area contributed by atoms with Crippen molar-refractivity contribution in [3.05, 3.63) is 60.8 Å². The second-order valence-corrected chi connectivity index (χ2v) is 9.68. The Balaban J connectivity index is 1.51. The van der Waals surface area contributed by atoms with Crippen molar-refractivity contribution < 1.29 is 17.9 Å². The number of rotatable bonds is 6. The summed E-state index contributed by atoms with van der Waals surface area (Å²) in [6.07, 6.45) is 1.42. The lowest BCUT2D eigenvalue weighted by molar-refractivity contribution is 0.140. The topological polar surface area (TPSA) is 77.5 Å². The molecule has 0 saturated carbocycles. The van der Waals surface area contributed by atoms with Crippen LogP contribution in [0.15, 0.2) is 60.8 Å². The Bertz CT molecular complexity index is 1090. The Morgan fingerprint density at radius 3 is 2.62 bits per heavy atom. The zero-order valence-electron chi connectivity index (χ0n) is 16.4. The minimum absolute atomic E-state index is 0.303. The summed E-state index contributed by atoms with van der Waals surface area (Å²) in [5.41, 5.74) is 3.12. The Hall–Kier alpha value is -2.48. The van der Waals surface area contributed by atoms with E-state index in [-0.39, 0.29) is 6.10 Å². The van der Waals surface area contributed by atoms with Gasteiger partial charge in [0.2, 0.25) is 10.0 Å². The largest absolute Gasteiger partial charge is 0.486 e. The standard InChI is InChI=1S/C22H24N2O4S/c1-15(2)29(25,26)24-21-13-27-14-22(21)28-17-10-8-16(9-11-17)18-5-3-7-20-19(18)6-4-12-23-20/h3-12,15,21-22,24H,13-14H2,1-2H3/t21-,22+/m1/s1. The second-order valence-electron chi connectivity index (χ2n) is 7.41. The normalized spacial score (nSPS) is 19.7. The average molecular weight is 413 g/mol. The Morgan fingerprint density at radius 2 is 1.86 bits per heavy atom. The first-order chi connectivity index (χ1) is 13.9. The minimum Gasteiger partial charge on any atom is -0.486 e. The molecule has 0 amide bonds. The van der Waals surface area contributed by atoms with Crippen LogP contribution in [0.5, 0.6) is 5.75 Å². The van der Waals surface area contributed by atoms with E-state index in [4.69, 9.17) is 9.47 Å². The van der Waals surface area contributed by atoms with Gasteiger partial charge in [-0.15, -0.1) is 0 Å². The highest BCUT2D eigenvalue weighted by Crippen LogP contribution is 2.29. The van der Waals surface area contributed by atoms with Gasteiger partial charge in [0.25, 0.3) is 0 Å². The molecule has 152 valence electrons. The van der Waals surface area contributed by atoms with Crippen LogP contribution in [0.4, 0.5) is 0 Å². The highest BCUT2D eigenvalue weighted by Gasteiger charge is 2.34. The Kier molecular flexibility index (Phi) is 5.54. The third-order valence-corrected chi connectivity index (χ3v) is 6.94. The molecule has 3 aromatic rings. The molecule has 1 fully saturated rings.